The molecule has 8 heteroatoms. The molecular weight excluding hydrogens is 475 g/mol. The van der Waals surface area contributed by atoms with E-state index < -0.39 is 23.8 Å². The molecule has 3 heterocycles. The van der Waals surface area contributed by atoms with Crippen molar-refractivity contribution in [2.75, 3.05) is 24.6 Å². The summed E-state index contributed by atoms with van der Waals surface area (Å²) in [5, 5.41) is 0. The second-order valence-corrected chi connectivity index (χ2v) is 10.6. The van der Waals surface area contributed by atoms with Crippen molar-refractivity contribution in [3.05, 3.63) is 59.9 Å². The number of benzene rings is 2. The average molecular weight is 511 g/mol. The van der Waals surface area contributed by atoms with Gasteiger partial charge in [0.1, 0.15) is 11.6 Å². The molecule has 2 aromatic rings. The molecule has 0 radical (unpaired) electrons. The highest BCUT2D eigenvalue weighted by Gasteiger charge is 2.52. The number of anilines is 1. The SMILES string of the molecule is CCOc1ccc(CCC[C@@H](C(=O)N2C[C@@H]3C[C@H]2CN3c2ccc(F)cc2)[C@@H]2OC(C)(C)OC2=O)cc1. The smallest absolute Gasteiger partial charge is 0.338 e. The number of amides is 1. The Morgan fingerprint density at radius 3 is 2.43 bits per heavy atom. The van der Waals surface area contributed by atoms with E-state index in [4.69, 9.17) is 14.2 Å². The maximum atomic E-state index is 13.9. The first-order valence-corrected chi connectivity index (χ1v) is 13.2. The highest BCUT2D eigenvalue weighted by atomic mass is 19.1. The summed E-state index contributed by atoms with van der Waals surface area (Å²) in [5.74, 6) is -1.58. The number of rotatable bonds is 9. The van der Waals surface area contributed by atoms with Gasteiger partial charge in [-0.25, -0.2) is 9.18 Å². The molecule has 2 bridgehead atoms. The van der Waals surface area contributed by atoms with E-state index >= 15 is 0 Å². The van der Waals surface area contributed by atoms with Gasteiger partial charge in [-0.3, -0.25) is 4.79 Å². The van der Waals surface area contributed by atoms with Gasteiger partial charge in [0.05, 0.1) is 18.6 Å². The Kier molecular flexibility index (Phi) is 7.12. The third-order valence-corrected chi connectivity index (χ3v) is 7.57. The molecule has 0 spiro atoms. The summed E-state index contributed by atoms with van der Waals surface area (Å²) in [5.41, 5.74) is 2.12. The standard InChI is InChI=1S/C29H35FN2O5/c1-4-35-24-14-8-19(9-15-24)6-5-7-25(26-28(34)37-29(2,3)36-26)27(33)32-18-22-16-23(32)17-31(22)21-12-10-20(30)11-13-21/h8-15,22-23,25-26H,4-7,16-18H2,1-3H3/t22-,23-,25+,26-/m0/s1. The number of carbonyl (C=O) groups is 2. The topological polar surface area (TPSA) is 68.3 Å². The third-order valence-electron chi connectivity index (χ3n) is 7.57. The molecule has 1 amide bonds. The van der Waals surface area contributed by atoms with Gasteiger partial charge in [-0.05, 0) is 74.6 Å². The minimum absolute atomic E-state index is 0.0439. The van der Waals surface area contributed by atoms with Crippen molar-refractivity contribution in [1.82, 2.24) is 4.90 Å². The number of ether oxygens (including phenoxy) is 3. The van der Waals surface area contributed by atoms with Crippen LogP contribution in [0.4, 0.5) is 10.1 Å². The Morgan fingerprint density at radius 1 is 1.11 bits per heavy atom. The van der Waals surface area contributed by atoms with Crippen molar-refractivity contribution in [2.24, 2.45) is 5.92 Å². The highest BCUT2D eigenvalue weighted by Crippen LogP contribution is 2.38. The fraction of sp³-hybridized carbons (Fsp3) is 0.517. The maximum Gasteiger partial charge on any atom is 0.338 e. The second-order valence-electron chi connectivity index (χ2n) is 10.6. The molecule has 0 aromatic heterocycles. The van der Waals surface area contributed by atoms with E-state index in [2.05, 4.69) is 4.90 Å². The molecule has 4 atom stereocenters. The molecule has 3 aliphatic heterocycles. The Balaban J connectivity index is 1.26. The van der Waals surface area contributed by atoms with Crippen LogP contribution >= 0.6 is 0 Å². The van der Waals surface area contributed by atoms with Crippen molar-refractivity contribution >= 4 is 17.6 Å². The molecule has 3 saturated heterocycles. The number of hydrogen-bond donors (Lipinski definition) is 0. The minimum atomic E-state index is -1.04. The zero-order chi connectivity index (χ0) is 26.2. The predicted octanol–water partition coefficient (Wildman–Crippen LogP) is 4.33. The van der Waals surface area contributed by atoms with Gasteiger partial charge >= 0.3 is 5.97 Å². The second kappa shape index (κ2) is 10.3. The van der Waals surface area contributed by atoms with E-state index in [1.54, 1.807) is 26.0 Å². The molecule has 2 aromatic carbocycles. The quantitative estimate of drug-likeness (QED) is 0.468. The van der Waals surface area contributed by atoms with E-state index in [-0.39, 0.29) is 23.8 Å². The van der Waals surface area contributed by atoms with Gasteiger partial charge in [0.15, 0.2) is 6.10 Å². The van der Waals surface area contributed by atoms with Gasteiger partial charge < -0.3 is 24.0 Å². The summed E-state index contributed by atoms with van der Waals surface area (Å²) < 4.78 is 30.3. The number of nitrogens with zero attached hydrogens (tertiary/aromatic N) is 2. The molecular formula is C29H35FN2O5. The number of likely N-dealkylation sites (tertiary alicyclic amines) is 1. The third kappa shape index (κ3) is 5.44. The number of esters is 1. The highest BCUT2D eigenvalue weighted by molar-refractivity contribution is 5.88. The fourth-order valence-corrected chi connectivity index (χ4v) is 5.87. The summed E-state index contributed by atoms with van der Waals surface area (Å²) in [6.45, 7) is 7.26. The van der Waals surface area contributed by atoms with Crippen LogP contribution in [0.3, 0.4) is 0 Å². The van der Waals surface area contributed by atoms with Crippen molar-refractivity contribution in [2.45, 2.75) is 70.4 Å². The summed E-state index contributed by atoms with van der Waals surface area (Å²) in [7, 11) is 0. The van der Waals surface area contributed by atoms with Crippen LogP contribution in [0, 0.1) is 11.7 Å². The average Bonchev–Trinajstić information content (AvgIpc) is 3.55. The first-order valence-electron chi connectivity index (χ1n) is 13.2. The van der Waals surface area contributed by atoms with Gasteiger partial charge in [-0.2, -0.15) is 0 Å². The monoisotopic (exact) mass is 510 g/mol. The molecule has 3 aliphatic rings. The van der Waals surface area contributed by atoms with Crippen LogP contribution in [0.1, 0.15) is 45.6 Å². The van der Waals surface area contributed by atoms with Crippen LogP contribution in [0.15, 0.2) is 48.5 Å². The number of piperazine rings is 1. The number of halogens is 1. The Bertz CT molecular complexity index is 1120. The number of cyclic esters (lactones) is 1. The molecule has 198 valence electrons. The van der Waals surface area contributed by atoms with Crippen LogP contribution in [0.2, 0.25) is 0 Å². The molecule has 5 rings (SSSR count). The minimum Gasteiger partial charge on any atom is -0.494 e. The first kappa shape index (κ1) is 25.5. The van der Waals surface area contributed by atoms with E-state index in [0.29, 0.717) is 26.1 Å². The molecule has 0 N–H and O–H groups in total. The molecule has 0 unspecified atom stereocenters. The zero-order valence-electron chi connectivity index (χ0n) is 21.7. The Labute approximate surface area is 217 Å². The number of fused-ring (bicyclic) bond motifs is 2. The number of carbonyl (C=O) groups excluding carboxylic acids is 2. The van der Waals surface area contributed by atoms with Gasteiger partial charge in [0, 0.05) is 38.7 Å². The lowest BCUT2D eigenvalue weighted by Gasteiger charge is -2.37. The summed E-state index contributed by atoms with van der Waals surface area (Å²) in [4.78, 5) is 30.8. The van der Waals surface area contributed by atoms with Crippen molar-refractivity contribution in [3.8, 4) is 5.75 Å². The zero-order valence-corrected chi connectivity index (χ0v) is 21.7. The van der Waals surface area contributed by atoms with Crippen molar-refractivity contribution in [1.29, 1.82) is 0 Å². The van der Waals surface area contributed by atoms with Gasteiger partial charge in [0.2, 0.25) is 11.7 Å². The van der Waals surface area contributed by atoms with Gasteiger partial charge in [-0.1, -0.05) is 12.1 Å². The van der Waals surface area contributed by atoms with Crippen LogP contribution in [-0.2, 0) is 25.5 Å². The lowest BCUT2D eigenvalue weighted by molar-refractivity contribution is -0.163. The first-order chi connectivity index (χ1) is 17.7. The van der Waals surface area contributed by atoms with Gasteiger partial charge in [0.25, 0.3) is 0 Å². The van der Waals surface area contributed by atoms with Crippen molar-refractivity contribution in [3.63, 3.8) is 0 Å². The van der Waals surface area contributed by atoms with Gasteiger partial charge in [-0.15, -0.1) is 0 Å². The van der Waals surface area contributed by atoms with Crippen LogP contribution in [-0.4, -0.2) is 60.4 Å². The summed E-state index contributed by atoms with van der Waals surface area (Å²) in [6.07, 6.45) is 2.00. The van der Waals surface area contributed by atoms with Crippen LogP contribution in [0.25, 0.3) is 0 Å². The predicted molar refractivity (Wildman–Crippen MR) is 137 cm³/mol. The van der Waals surface area contributed by atoms with E-state index in [9.17, 15) is 14.0 Å². The normalized spacial score (nSPS) is 24.9. The van der Waals surface area contributed by atoms with E-state index in [1.807, 2.05) is 36.1 Å². The van der Waals surface area contributed by atoms with E-state index in [1.165, 1.54) is 12.1 Å². The van der Waals surface area contributed by atoms with Crippen molar-refractivity contribution < 1.29 is 28.2 Å². The van der Waals surface area contributed by atoms with Crippen LogP contribution < -0.4 is 9.64 Å². The molecule has 0 aliphatic carbocycles. The largest absolute Gasteiger partial charge is 0.494 e. The number of hydrogen-bond acceptors (Lipinski definition) is 6. The van der Waals surface area contributed by atoms with Crippen LogP contribution in [0.5, 0.6) is 5.75 Å². The lowest BCUT2D eigenvalue weighted by atomic mass is 9.92. The fourth-order valence-electron chi connectivity index (χ4n) is 5.87. The van der Waals surface area contributed by atoms with E-state index in [0.717, 1.165) is 36.3 Å². The molecule has 0 saturated carbocycles. The molecule has 7 nitrogen and oxygen atoms in total. The molecule has 37 heavy (non-hydrogen) atoms. The summed E-state index contributed by atoms with van der Waals surface area (Å²) >= 11 is 0. The maximum absolute atomic E-state index is 13.9. The lowest BCUT2D eigenvalue weighted by Crippen LogP contribution is -2.52. The Hall–Kier alpha value is -3.13. The molecule has 3 fully saturated rings. The Morgan fingerprint density at radius 2 is 1.84 bits per heavy atom. The summed E-state index contributed by atoms with van der Waals surface area (Å²) in [6, 6.07) is 14.7. The number of aryl methyl sites for hydroxylation is 1.